The summed E-state index contributed by atoms with van der Waals surface area (Å²) in [5, 5.41) is 70.0. The van der Waals surface area contributed by atoms with Crippen LogP contribution in [0, 0.1) is 11.8 Å². The molecule has 3 aromatic carbocycles. The summed E-state index contributed by atoms with van der Waals surface area (Å²) in [6.45, 7) is 23.7. The molecule has 1 aliphatic rings. The number of para-hydroxylation sites is 1. The van der Waals surface area contributed by atoms with Gasteiger partial charge in [-0.2, -0.15) is 0 Å². The van der Waals surface area contributed by atoms with Gasteiger partial charge in [0, 0.05) is 102 Å². The van der Waals surface area contributed by atoms with Crippen LogP contribution in [-0.4, -0.2) is 284 Å². The molecule has 5 rings (SSSR count). The topological polar surface area (TPSA) is 674 Å². The normalized spacial score (nSPS) is 21.5. The van der Waals surface area contributed by atoms with Gasteiger partial charge in [-0.1, -0.05) is 146 Å². The highest BCUT2D eigenvalue weighted by Gasteiger charge is 2.45. The van der Waals surface area contributed by atoms with Gasteiger partial charge in [-0.05, 0) is 174 Å². The number of ketones is 12. The lowest BCUT2D eigenvalue weighted by Crippen LogP contribution is -2.65. The number of rotatable bonds is 55. The average molecular weight is 2100 g/mol. The van der Waals surface area contributed by atoms with Crippen molar-refractivity contribution in [3.8, 4) is 5.75 Å². The molecule has 2 heterocycles. The number of phenols is 1. The predicted molar refractivity (Wildman–Crippen MR) is 564 cm³/mol. The molecule has 43 nitrogen and oxygen atoms in total. The van der Waals surface area contributed by atoms with E-state index in [1.165, 1.54) is 52.0 Å². The van der Waals surface area contributed by atoms with Crippen molar-refractivity contribution in [1.82, 2.24) is 95.8 Å². The second-order valence-electron chi connectivity index (χ2n) is 40.9. The highest BCUT2D eigenvalue weighted by molar-refractivity contribution is 6.43. The number of carboxylic acid groups (broad SMARTS) is 1. The number of hydrogen-bond donors (Lipinski definition) is 23. The number of benzene rings is 3. The number of carbonyl (C=O) groups excluding carboxylic acids is 19. The first-order valence-corrected chi connectivity index (χ1v) is 52.5. The van der Waals surface area contributed by atoms with Crippen LogP contribution >= 0.6 is 0 Å². The number of carbonyl (C=O) groups is 20. The van der Waals surface area contributed by atoms with Crippen LogP contribution < -0.4 is 102 Å². The van der Waals surface area contributed by atoms with Gasteiger partial charge in [-0.15, -0.1) is 0 Å². The van der Waals surface area contributed by atoms with Crippen LogP contribution in [0.4, 0.5) is 0 Å². The Bertz CT molecular complexity index is 5150. The van der Waals surface area contributed by atoms with Gasteiger partial charge in [0.05, 0.1) is 96.6 Å². The molecule has 0 spiro atoms. The molecule has 0 bridgehead atoms. The minimum atomic E-state index is -2.08. The van der Waals surface area contributed by atoms with Crippen molar-refractivity contribution < 1.29 is 111 Å². The monoisotopic (exact) mass is 2100 g/mol. The Hall–Kier alpha value is -11.7. The lowest BCUT2D eigenvalue weighted by molar-refractivity contribution is -0.144. The molecule has 25 N–H and O–H groups in total. The van der Waals surface area contributed by atoms with E-state index in [9.17, 15) is 87.2 Å². The number of amides is 7. The summed E-state index contributed by atoms with van der Waals surface area (Å²) in [6.07, 6.45) is 1.53. The van der Waals surface area contributed by atoms with Gasteiger partial charge in [0.1, 0.15) is 41.5 Å². The van der Waals surface area contributed by atoms with Gasteiger partial charge < -0.3 is 79.6 Å². The number of H-pyrrole nitrogens is 1. The molecular weight excluding hydrogens is 1930 g/mol. The third kappa shape index (κ3) is 46.2. The zero-order valence-corrected chi connectivity index (χ0v) is 89.8. The molecule has 0 saturated carbocycles. The van der Waals surface area contributed by atoms with E-state index in [4.69, 9.17) is 11.5 Å². The van der Waals surface area contributed by atoms with E-state index >= 15 is 24.0 Å². The van der Waals surface area contributed by atoms with Crippen molar-refractivity contribution in [2.45, 2.75) is 379 Å². The van der Waals surface area contributed by atoms with Crippen LogP contribution in [0.2, 0.25) is 0 Å². The van der Waals surface area contributed by atoms with E-state index in [0.29, 0.717) is 79.0 Å². The first kappa shape index (κ1) is 129. The number of carboxylic acids is 1. The fraction of sp³-hybridized carbons (Fsp3) is 0.626. The number of fused-ring (bicyclic) bond motifs is 1. The number of Topliss-reactive ketones (excluding diaryl/α,β-unsaturated/α-hetero) is 12. The molecule has 1 aliphatic heterocycles. The van der Waals surface area contributed by atoms with Gasteiger partial charge in [0.2, 0.25) is 64.5 Å². The zero-order chi connectivity index (χ0) is 112. The third-order valence-corrected chi connectivity index (χ3v) is 27.0. The van der Waals surface area contributed by atoms with Crippen LogP contribution in [0.5, 0.6) is 5.75 Å². The van der Waals surface area contributed by atoms with Crippen LogP contribution in [0.1, 0.15) is 268 Å². The maximum atomic E-state index is 15.7. The molecule has 18 atom stereocenters. The van der Waals surface area contributed by atoms with E-state index in [2.05, 4.69) is 95.8 Å². The summed E-state index contributed by atoms with van der Waals surface area (Å²) in [4.78, 5) is 282. The quantitative estimate of drug-likeness (QED) is 0.0130. The number of nitrogens with two attached hydrogens (primary N) is 2. The summed E-state index contributed by atoms with van der Waals surface area (Å²) in [5.41, 5.74) is 21.1. The van der Waals surface area contributed by atoms with Gasteiger partial charge in [0.15, 0.2) is 34.7 Å². The Morgan fingerprint density at radius 1 is 0.500 bits per heavy atom. The van der Waals surface area contributed by atoms with Crippen molar-refractivity contribution >= 4 is 128 Å². The van der Waals surface area contributed by atoms with E-state index in [-0.39, 0.29) is 176 Å². The smallest absolute Gasteiger partial charge is 0.303 e. The van der Waals surface area contributed by atoms with E-state index < -0.39 is 221 Å². The summed E-state index contributed by atoms with van der Waals surface area (Å²) in [6, 6.07) is 4.04. The summed E-state index contributed by atoms with van der Waals surface area (Å²) in [7, 11) is 0. The maximum absolute atomic E-state index is 15.7. The predicted octanol–water partition coefficient (Wildman–Crippen LogP) is 2.07. The highest BCUT2D eigenvalue weighted by Crippen LogP contribution is 2.26. The van der Waals surface area contributed by atoms with Gasteiger partial charge in [-0.3, -0.25) is 117 Å². The number of aliphatic carboxylic acids is 1. The number of aliphatic hydroxyl groups excluding tert-OH is 1. The van der Waals surface area contributed by atoms with Crippen LogP contribution in [0.25, 0.3) is 10.9 Å². The molecule has 1 aromatic heterocycles. The Morgan fingerprint density at radius 2 is 1.01 bits per heavy atom. The molecule has 1 fully saturated rings. The zero-order valence-electron chi connectivity index (χ0n) is 89.8. The average Bonchev–Trinajstić information content (AvgIpc) is 1.11. The van der Waals surface area contributed by atoms with Crippen molar-refractivity contribution in [1.29, 1.82) is 0 Å². The van der Waals surface area contributed by atoms with Crippen molar-refractivity contribution in [2.75, 3.05) is 39.5 Å². The summed E-state index contributed by atoms with van der Waals surface area (Å²) < 4.78 is 0. The largest absolute Gasteiger partial charge is 0.508 e. The fourth-order valence-corrected chi connectivity index (χ4v) is 17.1. The molecule has 0 radical (unpaired) electrons. The number of aliphatic hydroxyl groups is 1. The van der Waals surface area contributed by atoms with Gasteiger partial charge >= 0.3 is 5.97 Å². The SMILES string of the molecule is CC(=O)N[C@@H](CC(C)C)C(=O)N[C@H](C(=O)C(=O)[C@H](Cc1ccccc1)NN[C@]1(C)CCCCCCCCCCC[C@@](C)(C(=O)CN[C@@H](C)C(=O)CCN[C@@H](C)C(=O)CCN[C@@H](C)C(=O)CCN[C@@H](C)C(=O)CCC(=O)[C@H](C)NCN[C@H](C)C(N)=O)NC(=O)[C@H](CC(C)C)NC(=O)[C@H](CCC(N)=O)NCN[C@@H](C)C(=O)CC(=O)[C@H](Cc2c[nH]c3ccccc23)NN[C@@H](Cc2ccc(O)cc2)C(=O)N[C@@H](CCC(=O)O)C(=O)C1=O)[C@@H](C)O. The summed E-state index contributed by atoms with van der Waals surface area (Å²) in [5.74, 6) is -15.1. The van der Waals surface area contributed by atoms with Crippen LogP contribution in [0.15, 0.2) is 85.1 Å². The Kier molecular flexibility index (Phi) is 56.8. The fourth-order valence-electron chi connectivity index (χ4n) is 17.1. The van der Waals surface area contributed by atoms with Crippen LogP contribution in [0.3, 0.4) is 0 Å². The lowest BCUT2D eigenvalue weighted by atomic mass is 9.85. The van der Waals surface area contributed by atoms with Crippen molar-refractivity contribution in [3.63, 3.8) is 0 Å². The van der Waals surface area contributed by atoms with Crippen molar-refractivity contribution in [3.05, 3.63) is 102 Å². The van der Waals surface area contributed by atoms with Gasteiger partial charge in [-0.25, -0.2) is 21.7 Å². The second-order valence-corrected chi connectivity index (χ2v) is 40.9. The van der Waals surface area contributed by atoms with E-state index in [1.54, 1.807) is 123 Å². The number of nitrogens with one attached hydrogen (secondary N) is 18. The van der Waals surface area contributed by atoms with E-state index in [0.717, 1.165) is 0 Å². The first-order valence-electron chi connectivity index (χ1n) is 52.5. The molecule has 832 valence electrons. The number of primary amides is 2. The van der Waals surface area contributed by atoms with Gasteiger partial charge in [0.25, 0.3) is 0 Å². The second kappa shape index (κ2) is 66.2. The Labute approximate surface area is 879 Å². The number of phenolic OH excluding ortho intramolecular Hbond substituents is 1. The molecule has 0 unspecified atom stereocenters. The molecule has 1 saturated heterocycles. The molecule has 7 amide bonds. The molecule has 150 heavy (non-hydrogen) atoms. The maximum Gasteiger partial charge on any atom is 0.303 e. The van der Waals surface area contributed by atoms with Crippen LogP contribution in [-0.2, 0) is 115 Å². The third-order valence-electron chi connectivity index (χ3n) is 27.0. The number of aromatic nitrogens is 1. The molecule has 4 aromatic rings. The minimum absolute atomic E-state index is 0.00357. The number of hydrazine groups is 2. The first-order chi connectivity index (χ1) is 70.8. The number of aromatic hydroxyl groups is 1. The number of hydrogen-bond acceptors (Lipinski definition) is 34. The lowest BCUT2D eigenvalue weighted by Gasteiger charge is -2.33. The molecule has 0 aliphatic carbocycles. The van der Waals surface area contributed by atoms with Crippen molar-refractivity contribution in [2.24, 2.45) is 23.3 Å². The van der Waals surface area contributed by atoms with E-state index in [1.807, 2.05) is 13.8 Å². The Morgan fingerprint density at radius 3 is 1.56 bits per heavy atom. The highest BCUT2D eigenvalue weighted by atomic mass is 16.4. The Balaban J connectivity index is 1.44. The molecule has 43 heteroatoms. The number of aromatic amines is 1. The minimum Gasteiger partial charge on any atom is -0.508 e. The standard InChI is InChI=1S/C107H166N20O23/c1-62(2)52-83(119-72(13)129)103(148)122-96(71(12)128)99(144)97(142)82(54-73-30-24-23-25-31-73)126-127-107(15)48-29-22-20-18-16-17-19-21-28-47-106(14,93(138)59-113-67(8)90(135)46-51-112-66(7)89(134)45-50-111-65(6)88(133)44-49-110-64(5)86(131)40-41-87(132)68(9)115-60-117-70(11)101(109)146)123-105(150)84(53-63(3)4)121-102(147)80(38-42-94(108)139)118-61-116-69(10)91(136)57-92(137)81(56-75-58-114-78-33-27-26-32-77(75)78)124-125-85(55-74-34-36-76(130)37-35-74)104(149)120-79(39-43-95(140)141)98(143)100(107)145/h23-27,30-37,58,62-71,79-85,96,110-118,124-128,130H,16-22,28-29,38-57,59-61H2,1-15H3,(H2,108,139)(H2,109,146)(H,119,129)(H,120,149)(H,121,147)(H,122,148)(H,123,150)(H,140,141)/t64-,65-,66-,67-,68-,69-,70+,71+,79-,80-,81-,82-,83-,84-,85-,96-,106-,107+/m0/s1. The summed E-state index contributed by atoms with van der Waals surface area (Å²) >= 11 is 0. The molecular formula is C107H166N20O23.